The van der Waals surface area contributed by atoms with Crippen LogP contribution in [-0.4, -0.2) is 6.04 Å². The van der Waals surface area contributed by atoms with Gasteiger partial charge in [0.25, 0.3) is 0 Å². The van der Waals surface area contributed by atoms with Crippen molar-refractivity contribution in [1.82, 2.24) is 5.43 Å². The number of hydrogen-bond donors (Lipinski definition) is 2. The molecule has 2 aromatic carbocycles. The van der Waals surface area contributed by atoms with Crippen LogP contribution in [0.15, 0.2) is 59.1 Å². The van der Waals surface area contributed by atoms with Crippen molar-refractivity contribution in [1.29, 1.82) is 0 Å². The number of hydrogen-bond acceptors (Lipinski definition) is 2. The van der Waals surface area contributed by atoms with E-state index in [4.69, 9.17) is 5.84 Å². The molecular weight excluding hydrogens is 312 g/mol. The number of hydrazine groups is 1. The molecule has 106 valence electrons. The molecule has 0 aliphatic heterocycles. The molecule has 0 amide bonds. The van der Waals surface area contributed by atoms with Crippen molar-refractivity contribution in [3.05, 3.63) is 70.2 Å². The minimum atomic E-state index is 0.317. The molecule has 2 nitrogen and oxygen atoms in total. The zero-order chi connectivity index (χ0) is 14.2. The van der Waals surface area contributed by atoms with Crippen LogP contribution in [0.4, 0.5) is 0 Å². The van der Waals surface area contributed by atoms with Crippen molar-refractivity contribution in [3.63, 3.8) is 0 Å². The van der Waals surface area contributed by atoms with Crippen molar-refractivity contribution < 1.29 is 0 Å². The Morgan fingerprint density at radius 2 is 1.70 bits per heavy atom. The van der Waals surface area contributed by atoms with E-state index in [1.54, 1.807) is 0 Å². The number of nitrogens with two attached hydrogens (primary N) is 1. The Morgan fingerprint density at radius 3 is 2.40 bits per heavy atom. The lowest BCUT2D eigenvalue weighted by Gasteiger charge is -2.16. The molecule has 20 heavy (non-hydrogen) atoms. The smallest absolute Gasteiger partial charge is 0.0251 e. The minimum absolute atomic E-state index is 0.317. The highest BCUT2D eigenvalue weighted by Crippen LogP contribution is 2.19. The van der Waals surface area contributed by atoms with Crippen molar-refractivity contribution in [3.8, 4) is 0 Å². The van der Waals surface area contributed by atoms with Gasteiger partial charge in [0.1, 0.15) is 0 Å². The summed E-state index contributed by atoms with van der Waals surface area (Å²) >= 11 is 3.59. The Labute approximate surface area is 129 Å². The number of rotatable bonds is 7. The fourth-order valence-corrected chi connectivity index (χ4v) is 2.82. The van der Waals surface area contributed by atoms with Crippen LogP contribution in [0.3, 0.4) is 0 Å². The third-order valence-electron chi connectivity index (χ3n) is 3.52. The van der Waals surface area contributed by atoms with Gasteiger partial charge >= 0.3 is 0 Å². The second-order valence-corrected chi connectivity index (χ2v) is 5.89. The predicted molar refractivity (Wildman–Crippen MR) is 88.3 cm³/mol. The van der Waals surface area contributed by atoms with E-state index < -0.39 is 0 Å². The maximum absolute atomic E-state index is 5.68. The molecule has 0 aromatic heterocycles. The Hall–Kier alpha value is -1.16. The van der Waals surface area contributed by atoms with E-state index in [-0.39, 0.29) is 0 Å². The van der Waals surface area contributed by atoms with Crippen molar-refractivity contribution in [2.24, 2.45) is 5.84 Å². The number of aryl methyl sites for hydroxylation is 1. The third-order valence-corrected chi connectivity index (χ3v) is 4.29. The first-order valence-electron chi connectivity index (χ1n) is 7.03. The molecule has 0 aliphatic rings. The van der Waals surface area contributed by atoms with E-state index >= 15 is 0 Å². The number of nitrogens with one attached hydrogen (secondary N) is 1. The minimum Gasteiger partial charge on any atom is -0.271 e. The Bertz CT molecular complexity index is 513. The van der Waals surface area contributed by atoms with Gasteiger partial charge in [-0.3, -0.25) is 11.3 Å². The molecule has 0 saturated heterocycles. The van der Waals surface area contributed by atoms with E-state index in [1.807, 2.05) is 6.07 Å². The number of benzene rings is 2. The quantitative estimate of drug-likeness (QED) is 0.597. The zero-order valence-corrected chi connectivity index (χ0v) is 13.1. The van der Waals surface area contributed by atoms with Gasteiger partial charge in [-0.1, -0.05) is 64.5 Å². The van der Waals surface area contributed by atoms with E-state index in [0.717, 1.165) is 30.2 Å². The number of halogens is 1. The topological polar surface area (TPSA) is 38.0 Å². The first kappa shape index (κ1) is 15.2. The molecule has 3 N–H and O–H groups in total. The molecule has 0 bridgehead atoms. The zero-order valence-electron chi connectivity index (χ0n) is 11.6. The average Bonchev–Trinajstić information content (AvgIpc) is 2.49. The summed E-state index contributed by atoms with van der Waals surface area (Å²) in [5, 5.41) is 0. The van der Waals surface area contributed by atoms with Crippen LogP contribution in [0.5, 0.6) is 0 Å². The first-order valence-corrected chi connectivity index (χ1v) is 7.82. The molecular formula is C17H21BrN2. The lowest BCUT2D eigenvalue weighted by molar-refractivity contribution is 0.476. The molecule has 2 aromatic rings. The molecule has 0 heterocycles. The van der Waals surface area contributed by atoms with E-state index in [2.05, 4.69) is 69.9 Å². The molecule has 3 heteroatoms. The van der Waals surface area contributed by atoms with Crippen molar-refractivity contribution in [2.45, 2.75) is 31.7 Å². The Morgan fingerprint density at radius 1 is 1.00 bits per heavy atom. The van der Waals surface area contributed by atoms with Crippen molar-refractivity contribution in [2.75, 3.05) is 0 Å². The molecule has 2 rings (SSSR count). The highest BCUT2D eigenvalue weighted by Gasteiger charge is 2.09. The Balaban J connectivity index is 1.82. The summed E-state index contributed by atoms with van der Waals surface area (Å²) in [5.74, 6) is 5.68. The molecule has 0 fully saturated rings. The van der Waals surface area contributed by atoms with Crippen LogP contribution in [-0.2, 0) is 12.8 Å². The first-order chi connectivity index (χ1) is 9.79. The molecule has 0 spiro atoms. The van der Waals surface area contributed by atoms with Gasteiger partial charge in [0.2, 0.25) is 0 Å². The van der Waals surface area contributed by atoms with Gasteiger partial charge < -0.3 is 0 Å². The maximum Gasteiger partial charge on any atom is 0.0251 e. The van der Waals surface area contributed by atoms with Crippen molar-refractivity contribution >= 4 is 15.9 Å². The highest BCUT2D eigenvalue weighted by atomic mass is 79.9. The van der Waals surface area contributed by atoms with Crippen LogP contribution in [0.1, 0.15) is 24.0 Å². The van der Waals surface area contributed by atoms with Gasteiger partial charge in [0, 0.05) is 10.5 Å². The Kier molecular flexibility index (Phi) is 6.25. The SMILES string of the molecule is NNC(CCCc1ccccc1)Cc1ccccc1Br. The van der Waals surface area contributed by atoms with E-state index in [1.165, 1.54) is 11.1 Å². The average molecular weight is 333 g/mol. The van der Waals surface area contributed by atoms with Gasteiger partial charge in [-0.25, -0.2) is 0 Å². The van der Waals surface area contributed by atoms with E-state index in [9.17, 15) is 0 Å². The third kappa shape index (κ3) is 4.75. The highest BCUT2D eigenvalue weighted by molar-refractivity contribution is 9.10. The summed E-state index contributed by atoms with van der Waals surface area (Å²) in [7, 11) is 0. The van der Waals surface area contributed by atoms with Gasteiger partial charge in [0.15, 0.2) is 0 Å². The lowest BCUT2D eigenvalue weighted by atomic mass is 9.99. The second-order valence-electron chi connectivity index (χ2n) is 5.04. The van der Waals surface area contributed by atoms with Gasteiger partial charge in [-0.05, 0) is 42.9 Å². The summed E-state index contributed by atoms with van der Waals surface area (Å²) in [5.41, 5.74) is 5.64. The normalized spacial score (nSPS) is 12.3. The van der Waals surface area contributed by atoms with Gasteiger partial charge in [-0.2, -0.15) is 0 Å². The molecule has 0 radical (unpaired) electrons. The van der Waals surface area contributed by atoms with Crippen LogP contribution < -0.4 is 11.3 Å². The van der Waals surface area contributed by atoms with Crippen LogP contribution in [0.25, 0.3) is 0 Å². The molecule has 0 saturated carbocycles. The second kappa shape index (κ2) is 8.20. The summed E-state index contributed by atoms with van der Waals surface area (Å²) in [4.78, 5) is 0. The molecule has 1 atom stereocenters. The fraction of sp³-hybridized carbons (Fsp3) is 0.294. The summed E-state index contributed by atoms with van der Waals surface area (Å²) in [6.07, 6.45) is 4.28. The van der Waals surface area contributed by atoms with Gasteiger partial charge in [0.05, 0.1) is 0 Å². The van der Waals surface area contributed by atoms with Crippen LogP contribution in [0, 0.1) is 0 Å². The van der Waals surface area contributed by atoms with Crippen LogP contribution >= 0.6 is 15.9 Å². The van der Waals surface area contributed by atoms with E-state index in [0.29, 0.717) is 6.04 Å². The lowest BCUT2D eigenvalue weighted by Crippen LogP contribution is -2.36. The summed E-state index contributed by atoms with van der Waals surface area (Å²) in [6, 6.07) is 19.2. The summed E-state index contributed by atoms with van der Waals surface area (Å²) < 4.78 is 1.16. The monoisotopic (exact) mass is 332 g/mol. The maximum atomic E-state index is 5.68. The largest absolute Gasteiger partial charge is 0.271 e. The van der Waals surface area contributed by atoms with Crippen LogP contribution in [0.2, 0.25) is 0 Å². The standard InChI is InChI=1S/C17H21BrN2/c18-17-12-5-4-10-15(17)13-16(20-19)11-6-9-14-7-2-1-3-8-14/h1-5,7-8,10,12,16,20H,6,9,11,13,19H2. The van der Waals surface area contributed by atoms with Gasteiger partial charge in [-0.15, -0.1) is 0 Å². The fourth-order valence-electron chi connectivity index (χ4n) is 2.37. The predicted octanol–water partition coefficient (Wildman–Crippen LogP) is 3.85. The molecule has 1 unspecified atom stereocenters. The summed E-state index contributed by atoms with van der Waals surface area (Å²) in [6.45, 7) is 0. The molecule has 0 aliphatic carbocycles.